The molecular formula is C24H39ClO3. The van der Waals surface area contributed by atoms with Gasteiger partial charge in [0, 0.05) is 31.4 Å². The summed E-state index contributed by atoms with van der Waals surface area (Å²) < 4.78 is 11.1. The highest BCUT2D eigenvalue weighted by atomic mass is 35.5. The zero-order valence-electron chi connectivity index (χ0n) is 18.1. The summed E-state index contributed by atoms with van der Waals surface area (Å²) in [6.07, 6.45) is 6.94. The van der Waals surface area contributed by atoms with Gasteiger partial charge in [-0.1, -0.05) is 57.9 Å². The number of carbonyl (C=O) groups is 1. The molecule has 0 aromatic heterocycles. The van der Waals surface area contributed by atoms with Gasteiger partial charge in [0.05, 0.1) is 13.2 Å². The fourth-order valence-corrected chi connectivity index (χ4v) is 3.33. The molecular weight excluding hydrogens is 372 g/mol. The Morgan fingerprint density at radius 1 is 0.857 bits per heavy atom. The Hall–Kier alpha value is -0.900. The molecule has 3 nitrogen and oxygen atoms in total. The quantitative estimate of drug-likeness (QED) is 0.227. The van der Waals surface area contributed by atoms with Gasteiger partial charge in [-0.05, 0) is 42.7 Å². The number of unbranched alkanes of at least 4 members (excludes halogenated alkanes) is 3. The lowest BCUT2D eigenvalue weighted by molar-refractivity contribution is -0.120. The van der Waals surface area contributed by atoms with Crippen LogP contribution in [0.5, 0.6) is 0 Å². The second-order valence-electron chi connectivity index (χ2n) is 7.96. The number of Topliss-reactive ketones (excluding diaryl/α,β-unsaturated/α-hetero) is 1. The lowest BCUT2D eigenvalue weighted by Gasteiger charge is -2.12. The van der Waals surface area contributed by atoms with Crippen LogP contribution < -0.4 is 0 Å². The second kappa shape index (κ2) is 16.0. The molecule has 0 unspecified atom stereocenters. The maximum Gasteiger partial charge on any atom is 0.140 e. The minimum absolute atomic E-state index is 0.0461. The van der Waals surface area contributed by atoms with E-state index in [9.17, 15) is 4.79 Å². The standard InChI is InChI=1S/C24H39ClO3/c1-20(2)19-22-10-12-23(13-11-22)21(3)24(26)9-8-16-28-18-17-27-15-7-5-4-6-14-25/h10-13,20-21H,4-9,14-19H2,1-3H3/t21-/m0/s1. The number of ether oxygens (including phenoxy) is 2. The molecule has 160 valence electrons. The number of hydrogen-bond donors (Lipinski definition) is 0. The molecule has 0 saturated carbocycles. The van der Waals surface area contributed by atoms with Crippen molar-refractivity contribution in [1.29, 1.82) is 0 Å². The molecule has 0 saturated heterocycles. The van der Waals surface area contributed by atoms with E-state index in [-0.39, 0.29) is 11.7 Å². The van der Waals surface area contributed by atoms with Crippen molar-refractivity contribution in [2.45, 2.75) is 71.6 Å². The van der Waals surface area contributed by atoms with E-state index >= 15 is 0 Å². The Balaban J connectivity index is 2.06. The number of rotatable bonds is 17. The first-order valence-corrected chi connectivity index (χ1v) is 11.4. The van der Waals surface area contributed by atoms with Crippen LogP contribution in [-0.2, 0) is 20.7 Å². The lowest BCUT2D eigenvalue weighted by atomic mass is 9.92. The van der Waals surface area contributed by atoms with Crippen molar-refractivity contribution in [3.63, 3.8) is 0 Å². The Kier molecular flexibility index (Phi) is 14.3. The highest BCUT2D eigenvalue weighted by Gasteiger charge is 2.14. The predicted molar refractivity (Wildman–Crippen MR) is 118 cm³/mol. The molecule has 28 heavy (non-hydrogen) atoms. The number of ketones is 1. The van der Waals surface area contributed by atoms with Gasteiger partial charge < -0.3 is 9.47 Å². The normalized spacial score (nSPS) is 12.5. The Morgan fingerprint density at radius 2 is 1.46 bits per heavy atom. The van der Waals surface area contributed by atoms with Crippen molar-refractivity contribution in [1.82, 2.24) is 0 Å². The SMILES string of the molecule is CC(C)Cc1ccc([C@H](C)C(=O)CCCOCCOCCCCCCCl)cc1. The maximum atomic E-state index is 12.4. The summed E-state index contributed by atoms with van der Waals surface area (Å²) in [5.74, 6) is 1.64. The fourth-order valence-electron chi connectivity index (χ4n) is 3.14. The molecule has 0 amide bonds. The van der Waals surface area contributed by atoms with Crippen molar-refractivity contribution < 1.29 is 14.3 Å². The Bertz CT molecular complexity index is 513. The molecule has 4 heteroatoms. The van der Waals surface area contributed by atoms with E-state index in [1.54, 1.807) is 0 Å². The van der Waals surface area contributed by atoms with E-state index < -0.39 is 0 Å². The van der Waals surface area contributed by atoms with Gasteiger partial charge in [0.15, 0.2) is 0 Å². The summed E-state index contributed by atoms with van der Waals surface area (Å²) in [6, 6.07) is 8.51. The molecule has 0 fully saturated rings. The van der Waals surface area contributed by atoms with E-state index in [2.05, 4.69) is 38.1 Å². The first-order chi connectivity index (χ1) is 13.5. The number of alkyl halides is 1. The van der Waals surface area contributed by atoms with Crippen LogP contribution in [-0.4, -0.2) is 38.1 Å². The summed E-state index contributed by atoms with van der Waals surface area (Å²) in [6.45, 7) is 9.08. The van der Waals surface area contributed by atoms with E-state index in [0.29, 0.717) is 32.2 Å². The van der Waals surface area contributed by atoms with Gasteiger partial charge in [-0.3, -0.25) is 4.79 Å². The van der Waals surface area contributed by atoms with Gasteiger partial charge in [-0.15, -0.1) is 11.6 Å². The van der Waals surface area contributed by atoms with Crippen LogP contribution in [0.15, 0.2) is 24.3 Å². The van der Waals surface area contributed by atoms with Gasteiger partial charge in [-0.25, -0.2) is 0 Å². The molecule has 0 N–H and O–H groups in total. The molecule has 0 bridgehead atoms. The highest BCUT2D eigenvalue weighted by Crippen LogP contribution is 2.20. The van der Waals surface area contributed by atoms with Crippen LogP contribution in [0.3, 0.4) is 0 Å². The highest BCUT2D eigenvalue weighted by molar-refractivity contribution is 6.17. The van der Waals surface area contributed by atoms with E-state index in [0.717, 1.165) is 43.7 Å². The third kappa shape index (κ3) is 11.8. The summed E-state index contributed by atoms with van der Waals surface area (Å²) in [5.41, 5.74) is 2.45. The van der Waals surface area contributed by atoms with Crippen LogP contribution in [0.25, 0.3) is 0 Å². The summed E-state index contributed by atoms with van der Waals surface area (Å²) in [7, 11) is 0. The Morgan fingerprint density at radius 3 is 2.07 bits per heavy atom. The molecule has 0 spiro atoms. The molecule has 0 radical (unpaired) electrons. The average Bonchev–Trinajstić information content (AvgIpc) is 2.68. The molecule has 0 heterocycles. The monoisotopic (exact) mass is 410 g/mol. The van der Waals surface area contributed by atoms with Crippen LogP contribution in [0.4, 0.5) is 0 Å². The van der Waals surface area contributed by atoms with Gasteiger partial charge in [0.1, 0.15) is 5.78 Å². The smallest absolute Gasteiger partial charge is 0.140 e. The van der Waals surface area contributed by atoms with Gasteiger partial charge in [0.2, 0.25) is 0 Å². The Labute approximate surface area is 177 Å². The van der Waals surface area contributed by atoms with Gasteiger partial charge in [-0.2, -0.15) is 0 Å². The van der Waals surface area contributed by atoms with E-state index in [4.69, 9.17) is 21.1 Å². The van der Waals surface area contributed by atoms with E-state index in [1.165, 1.54) is 18.4 Å². The van der Waals surface area contributed by atoms with Crippen molar-refractivity contribution >= 4 is 17.4 Å². The van der Waals surface area contributed by atoms with Gasteiger partial charge in [0.25, 0.3) is 0 Å². The minimum Gasteiger partial charge on any atom is -0.379 e. The average molecular weight is 411 g/mol. The predicted octanol–water partition coefficient (Wildman–Crippen LogP) is 6.17. The molecule has 1 rings (SSSR count). The fraction of sp³-hybridized carbons (Fsp3) is 0.708. The number of carbonyl (C=O) groups excluding carboxylic acids is 1. The van der Waals surface area contributed by atoms with Crippen molar-refractivity contribution in [3.8, 4) is 0 Å². The van der Waals surface area contributed by atoms with Crippen LogP contribution in [0.2, 0.25) is 0 Å². The van der Waals surface area contributed by atoms with Crippen molar-refractivity contribution in [2.24, 2.45) is 5.92 Å². The summed E-state index contributed by atoms with van der Waals surface area (Å²) >= 11 is 5.64. The number of benzene rings is 1. The summed E-state index contributed by atoms with van der Waals surface area (Å²) in [4.78, 5) is 12.4. The molecule has 0 aliphatic carbocycles. The minimum atomic E-state index is -0.0461. The third-order valence-corrected chi connectivity index (χ3v) is 5.13. The molecule has 0 aliphatic heterocycles. The van der Waals surface area contributed by atoms with Crippen molar-refractivity contribution in [3.05, 3.63) is 35.4 Å². The maximum absolute atomic E-state index is 12.4. The van der Waals surface area contributed by atoms with Crippen LogP contribution in [0.1, 0.15) is 76.3 Å². The topological polar surface area (TPSA) is 35.5 Å². The van der Waals surface area contributed by atoms with Crippen LogP contribution >= 0.6 is 11.6 Å². The molecule has 1 aromatic rings. The summed E-state index contributed by atoms with van der Waals surface area (Å²) in [5, 5.41) is 0. The second-order valence-corrected chi connectivity index (χ2v) is 8.34. The first kappa shape index (κ1) is 25.1. The van der Waals surface area contributed by atoms with E-state index in [1.807, 2.05) is 6.92 Å². The molecule has 1 aromatic carbocycles. The zero-order chi connectivity index (χ0) is 20.6. The van der Waals surface area contributed by atoms with Crippen LogP contribution in [0, 0.1) is 5.92 Å². The zero-order valence-corrected chi connectivity index (χ0v) is 18.8. The third-order valence-electron chi connectivity index (χ3n) is 4.86. The molecule has 0 aliphatic rings. The number of hydrogen-bond acceptors (Lipinski definition) is 3. The first-order valence-electron chi connectivity index (χ1n) is 10.9. The van der Waals surface area contributed by atoms with Gasteiger partial charge >= 0.3 is 0 Å². The lowest BCUT2D eigenvalue weighted by Crippen LogP contribution is -2.11. The molecule has 1 atom stereocenters. The number of halogens is 1. The van der Waals surface area contributed by atoms with Crippen molar-refractivity contribution in [2.75, 3.05) is 32.3 Å². The largest absolute Gasteiger partial charge is 0.379 e.